The van der Waals surface area contributed by atoms with Gasteiger partial charge in [0.15, 0.2) is 0 Å². The van der Waals surface area contributed by atoms with E-state index in [2.05, 4.69) is 5.32 Å². The topological polar surface area (TPSA) is 58.6 Å². The first-order valence-corrected chi connectivity index (χ1v) is 7.58. The fourth-order valence-corrected chi connectivity index (χ4v) is 3.16. The largest absolute Gasteiger partial charge is 0.376 e. The van der Waals surface area contributed by atoms with Crippen LogP contribution in [0.25, 0.3) is 0 Å². The minimum absolute atomic E-state index is 0.0874. The zero-order valence-electron chi connectivity index (χ0n) is 12.5. The number of rotatable bonds is 4. The van der Waals surface area contributed by atoms with Crippen molar-refractivity contribution in [1.29, 1.82) is 0 Å². The number of nitrogens with one attached hydrogen (secondary N) is 1. The third-order valence-corrected chi connectivity index (χ3v) is 4.45. The maximum atomic E-state index is 13.1. The fraction of sp³-hybridized carbons (Fsp3) is 0.500. The van der Waals surface area contributed by atoms with Gasteiger partial charge in [-0.3, -0.25) is 9.69 Å². The first kappa shape index (κ1) is 15.0. The van der Waals surface area contributed by atoms with Gasteiger partial charge >= 0.3 is 6.03 Å². The molecule has 5 nitrogen and oxygen atoms in total. The van der Waals surface area contributed by atoms with Crippen LogP contribution in [0.4, 0.5) is 9.18 Å². The van der Waals surface area contributed by atoms with Gasteiger partial charge in [-0.2, -0.15) is 0 Å². The molecule has 2 heterocycles. The molecular formula is C16H19FN2O3. The number of ether oxygens (including phenoxy) is 1. The zero-order valence-corrected chi connectivity index (χ0v) is 12.5. The molecule has 0 spiro atoms. The number of imide groups is 1. The molecule has 2 aliphatic rings. The van der Waals surface area contributed by atoms with Crippen LogP contribution in [0.5, 0.6) is 0 Å². The molecule has 0 bridgehead atoms. The quantitative estimate of drug-likeness (QED) is 0.867. The van der Waals surface area contributed by atoms with Crippen LogP contribution in [-0.4, -0.2) is 36.1 Å². The highest BCUT2D eigenvalue weighted by atomic mass is 19.1. The van der Waals surface area contributed by atoms with E-state index in [-0.39, 0.29) is 24.4 Å². The summed E-state index contributed by atoms with van der Waals surface area (Å²) in [5, 5.41) is 2.79. The van der Waals surface area contributed by atoms with E-state index in [0.29, 0.717) is 18.6 Å². The van der Waals surface area contributed by atoms with Gasteiger partial charge in [-0.05, 0) is 37.0 Å². The lowest BCUT2D eigenvalue weighted by Crippen LogP contribution is -2.44. The van der Waals surface area contributed by atoms with E-state index >= 15 is 0 Å². The summed E-state index contributed by atoms with van der Waals surface area (Å²) < 4.78 is 18.6. The molecule has 0 radical (unpaired) electrons. The fourth-order valence-electron chi connectivity index (χ4n) is 3.16. The van der Waals surface area contributed by atoms with E-state index in [1.54, 1.807) is 12.1 Å². The molecule has 2 saturated heterocycles. The van der Waals surface area contributed by atoms with Gasteiger partial charge in [0.2, 0.25) is 0 Å². The molecule has 1 aromatic carbocycles. The van der Waals surface area contributed by atoms with Crippen LogP contribution < -0.4 is 5.32 Å². The standard InChI is InChI=1S/C16H19FN2O3/c1-2-16(11-5-7-12(17)8-6-11)14(20)19(15(21)18-16)10-13-4-3-9-22-13/h5-8,13H,2-4,9-10H2,1H3,(H,18,21)/t13-,16+/m0/s1. The third-order valence-electron chi connectivity index (χ3n) is 4.45. The normalized spacial score (nSPS) is 28.3. The Hall–Kier alpha value is -1.95. The average molecular weight is 306 g/mol. The molecule has 6 heteroatoms. The van der Waals surface area contributed by atoms with Gasteiger partial charge in [0.1, 0.15) is 11.4 Å². The van der Waals surface area contributed by atoms with Crippen molar-refractivity contribution < 1.29 is 18.7 Å². The molecule has 1 N–H and O–H groups in total. The van der Waals surface area contributed by atoms with Crippen molar-refractivity contribution in [1.82, 2.24) is 10.2 Å². The smallest absolute Gasteiger partial charge is 0.325 e. The molecule has 3 amide bonds. The summed E-state index contributed by atoms with van der Waals surface area (Å²) in [6.45, 7) is 2.77. The summed E-state index contributed by atoms with van der Waals surface area (Å²) in [6, 6.07) is 5.29. The van der Waals surface area contributed by atoms with Gasteiger partial charge in [-0.25, -0.2) is 9.18 Å². The Kier molecular flexibility index (Phi) is 3.87. The molecule has 0 aromatic heterocycles. The molecule has 0 unspecified atom stereocenters. The van der Waals surface area contributed by atoms with Crippen molar-refractivity contribution in [3.8, 4) is 0 Å². The highest BCUT2D eigenvalue weighted by molar-refractivity contribution is 6.07. The predicted molar refractivity (Wildman–Crippen MR) is 77.6 cm³/mol. The highest BCUT2D eigenvalue weighted by Gasteiger charge is 2.51. The second-order valence-corrected chi connectivity index (χ2v) is 5.75. The molecular weight excluding hydrogens is 287 g/mol. The molecule has 2 atom stereocenters. The number of benzene rings is 1. The van der Waals surface area contributed by atoms with E-state index in [1.165, 1.54) is 17.0 Å². The number of amides is 3. The van der Waals surface area contributed by atoms with Gasteiger partial charge in [0.25, 0.3) is 5.91 Å². The summed E-state index contributed by atoms with van der Waals surface area (Å²) in [4.78, 5) is 26.3. The second kappa shape index (κ2) is 5.68. The van der Waals surface area contributed by atoms with Gasteiger partial charge in [0.05, 0.1) is 12.6 Å². The third kappa shape index (κ3) is 2.37. The van der Waals surface area contributed by atoms with Crippen LogP contribution in [-0.2, 0) is 15.1 Å². The Bertz CT molecular complexity index is 584. The Labute approximate surface area is 128 Å². The molecule has 118 valence electrons. The Balaban J connectivity index is 1.87. The maximum Gasteiger partial charge on any atom is 0.325 e. The van der Waals surface area contributed by atoms with Crippen LogP contribution in [0, 0.1) is 5.82 Å². The molecule has 2 aliphatic heterocycles. The molecule has 3 rings (SSSR count). The predicted octanol–water partition coefficient (Wildman–Crippen LogP) is 2.16. The summed E-state index contributed by atoms with van der Waals surface area (Å²) in [5.74, 6) is -0.662. The van der Waals surface area contributed by atoms with Crippen molar-refractivity contribution in [2.45, 2.75) is 37.8 Å². The van der Waals surface area contributed by atoms with Crippen LogP contribution in [0.15, 0.2) is 24.3 Å². The van der Waals surface area contributed by atoms with Crippen LogP contribution in [0.3, 0.4) is 0 Å². The van der Waals surface area contributed by atoms with Crippen LogP contribution in [0.2, 0.25) is 0 Å². The van der Waals surface area contributed by atoms with Crippen LogP contribution >= 0.6 is 0 Å². The van der Waals surface area contributed by atoms with E-state index in [4.69, 9.17) is 4.74 Å². The van der Waals surface area contributed by atoms with Crippen molar-refractivity contribution >= 4 is 11.9 Å². The van der Waals surface area contributed by atoms with E-state index in [1.807, 2.05) is 6.92 Å². The van der Waals surface area contributed by atoms with Gasteiger partial charge in [-0.1, -0.05) is 19.1 Å². The monoisotopic (exact) mass is 306 g/mol. The van der Waals surface area contributed by atoms with E-state index in [9.17, 15) is 14.0 Å². The number of hydrogen-bond donors (Lipinski definition) is 1. The minimum atomic E-state index is -1.11. The number of nitrogens with zero attached hydrogens (tertiary/aromatic N) is 1. The van der Waals surface area contributed by atoms with Crippen molar-refractivity contribution in [3.63, 3.8) is 0 Å². The molecule has 0 aliphatic carbocycles. The lowest BCUT2D eigenvalue weighted by Gasteiger charge is -2.26. The minimum Gasteiger partial charge on any atom is -0.376 e. The average Bonchev–Trinajstić information content (AvgIpc) is 3.11. The van der Waals surface area contributed by atoms with E-state index < -0.39 is 11.6 Å². The van der Waals surface area contributed by atoms with Crippen molar-refractivity contribution in [2.75, 3.05) is 13.2 Å². The first-order valence-electron chi connectivity index (χ1n) is 7.58. The highest BCUT2D eigenvalue weighted by Crippen LogP contribution is 2.33. The number of halogens is 1. The lowest BCUT2D eigenvalue weighted by molar-refractivity contribution is -0.132. The summed E-state index contributed by atoms with van der Waals surface area (Å²) in [6.07, 6.45) is 2.12. The number of carbonyl (C=O) groups excluding carboxylic acids is 2. The van der Waals surface area contributed by atoms with Gasteiger partial charge < -0.3 is 10.1 Å². The van der Waals surface area contributed by atoms with Crippen molar-refractivity contribution in [3.05, 3.63) is 35.6 Å². The SMILES string of the molecule is CC[C@]1(c2ccc(F)cc2)NC(=O)N(C[C@@H]2CCCO2)C1=O. The molecule has 22 heavy (non-hydrogen) atoms. The molecule has 0 saturated carbocycles. The Morgan fingerprint density at radius 3 is 2.68 bits per heavy atom. The number of carbonyl (C=O) groups is 2. The van der Waals surface area contributed by atoms with Gasteiger partial charge in [0, 0.05) is 6.61 Å². The molecule has 2 fully saturated rings. The summed E-state index contributed by atoms with van der Waals surface area (Å²) >= 11 is 0. The lowest BCUT2D eigenvalue weighted by atomic mass is 9.87. The van der Waals surface area contributed by atoms with Gasteiger partial charge in [-0.15, -0.1) is 0 Å². The maximum absolute atomic E-state index is 13.1. The summed E-state index contributed by atoms with van der Waals surface area (Å²) in [5.41, 5.74) is -0.506. The zero-order chi connectivity index (χ0) is 15.7. The summed E-state index contributed by atoms with van der Waals surface area (Å²) in [7, 11) is 0. The number of hydrogen-bond acceptors (Lipinski definition) is 3. The number of urea groups is 1. The van der Waals surface area contributed by atoms with E-state index in [0.717, 1.165) is 12.8 Å². The molecule has 1 aromatic rings. The first-order chi connectivity index (χ1) is 10.6. The Morgan fingerprint density at radius 1 is 1.36 bits per heavy atom. The van der Waals surface area contributed by atoms with Crippen molar-refractivity contribution in [2.24, 2.45) is 0 Å². The second-order valence-electron chi connectivity index (χ2n) is 5.75. The van der Waals surface area contributed by atoms with Crippen LogP contribution in [0.1, 0.15) is 31.7 Å². The Morgan fingerprint density at radius 2 is 2.09 bits per heavy atom.